The average molecular weight is 340 g/mol. The summed E-state index contributed by atoms with van der Waals surface area (Å²) < 4.78 is 0.998. The van der Waals surface area contributed by atoms with Crippen LogP contribution in [0.3, 0.4) is 0 Å². The molecule has 0 radical (unpaired) electrons. The Morgan fingerprint density at radius 2 is 2.10 bits per heavy atom. The normalized spacial score (nSPS) is 23.6. The highest BCUT2D eigenvalue weighted by molar-refractivity contribution is 9.10. The Morgan fingerprint density at radius 3 is 2.75 bits per heavy atom. The molecule has 1 aliphatic carbocycles. The number of nitrogens with two attached hydrogens (primary N) is 1. The van der Waals surface area contributed by atoms with Gasteiger partial charge in [-0.25, -0.2) is 0 Å². The van der Waals surface area contributed by atoms with E-state index in [1.165, 1.54) is 25.7 Å². The van der Waals surface area contributed by atoms with Crippen molar-refractivity contribution in [2.24, 2.45) is 16.8 Å². The molecule has 0 aliphatic heterocycles. The zero-order chi connectivity index (χ0) is 14.7. The Bertz CT molecular complexity index is 504. The summed E-state index contributed by atoms with van der Waals surface area (Å²) in [6.07, 6.45) is 5.05. The van der Waals surface area contributed by atoms with E-state index < -0.39 is 0 Å². The van der Waals surface area contributed by atoms with Crippen molar-refractivity contribution in [1.82, 2.24) is 0 Å². The molecule has 0 heterocycles. The zero-order valence-electron chi connectivity index (χ0n) is 12.0. The van der Waals surface area contributed by atoms with Crippen LogP contribution in [0.25, 0.3) is 0 Å². The van der Waals surface area contributed by atoms with Crippen molar-refractivity contribution < 1.29 is 5.21 Å². The molecule has 2 rings (SSSR count). The fraction of sp³-hybridized carbons (Fsp3) is 0.533. The SMILES string of the molecule is CC1CCCCC1N(C)c1cc(Br)ccc1/C(N)=N/O. The number of rotatable bonds is 3. The maximum atomic E-state index is 8.96. The van der Waals surface area contributed by atoms with Gasteiger partial charge < -0.3 is 15.8 Å². The maximum Gasteiger partial charge on any atom is 0.172 e. The molecular weight excluding hydrogens is 318 g/mol. The third-order valence-electron chi connectivity index (χ3n) is 4.29. The van der Waals surface area contributed by atoms with Crippen LogP contribution >= 0.6 is 15.9 Å². The number of benzene rings is 1. The van der Waals surface area contributed by atoms with Gasteiger partial charge >= 0.3 is 0 Å². The monoisotopic (exact) mass is 339 g/mol. The highest BCUT2D eigenvalue weighted by Gasteiger charge is 2.26. The van der Waals surface area contributed by atoms with Crippen LogP contribution in [0.4, 0.5) is 5.69 Å². The molecule has 4 nitrogen and oxygen atoms in total. The minimum Gasteiger partial charge on any atom is -0.409 e. The molecule has 3 N–H and O–H groups in total. The van der Waals surface area contributed by atoms with Crippen LogP contribution in [0.1, 0.15) is 38.2 Å². The maximum absolute atomic E-state index is 8.96. The number of anilines is 1. The predicted octanol–water partition coefficient (Wildman–Crippen LogP) is 3.56. The lowest BCUT2D eigenvalue weighted by atomic mass is 9.84. The second kappa shape index (κ2) is 6.48. The van der Waals surface area contributed by atoms with Crippen molar-refractivity contribution in [2.45, 2.75) is 38.6 Å². The van der Waals surface area contributed by atoms with E-state index in [2.05, 4.69) is 40.0 Å². The van der Waals surface area contributed by atoms with Crippen LogP contribution in [-0.2, 0) is 0 Å². The Balaban J connectivity index is 2.37. The van der Waals surface area contributed by atoms with Crippen molar-refractivity contribution in [3.63, 3.8) is 0 Å². The fourth-order valence-electron chi connectivity index (χ4n) is 3.12. The Morgan fingerprint density at radius 1 is 1.40 bits per heavy atom. The van der Waals surface area contributed by atoms with E-state index in [1.54, 1.807) is 0 Å². The first kappa shape index (κ1) is 15.2. The molecule has 5 heteroatoms. The van der Waals surface area contributed by atoms with E-state index >= 15 is 0 Å². The number of hydrogen-bond donors (Lipinski definition) is 2. The molecule has 20 heavy (non-hydrogen) atoms. The van der Waals surface area contributed by atoms with Crippen LogP contribution in [0, 0.1) is 5.92 Å². The number of hydrogen-bond acceptors (Lipinski definition) is 3. The van der Waals surface area contributed by atoms with Gasteiger partial charge in [-0.1, -0.05) is 40.9 Å². The average Bonchev–Trinajstić information content (AvgIpc) is 2.46. The summed E-state index contributed by atoms with van der Waals surface area (Å²) in [4.78, 5) is 2.28. The van der Waals surface area contributed by atoms with Gasteiger partial charge in [0.25, 0.3) is 0 Å². The Labute approximate surface area is 128 Å². The Kier molecular flexibility index (Phi) is 4.91. The highest BCUT2D eigenvalue weighted by Crippen LogP contribution is 2.33. The lowest BCUT2D eigenvalue weighted by molar-refractivity contribution is 0.318. The van der Waals surface area contributed by atoms with E-state index in [1.807, 2.05) is 18.2 Å². The summed E-state index contributed by atoms with van der Waals surface area (Å²) in [7, 11) is 2.10. The third kappa shape index (κ3) is 3.08. The smallest absolute Gasteiger partial charge is 0.172 e. The van der Waals surface area contributed by atoms with Crippen LogP contribution in [0.2, 0.25) is 0 Å². The topological polar surface area (TPSA) is 61.8 Å². The van der Waals surface area contributed by atoms with E-state index in [9.17, 15) is 0 Å². The largest absolute Gasteiger partial charge is 0.409 e. The summed E-state index contributed by atoms with van der Waals surface area (Å²) in [5.74, 6) is 0.815. The van der Waals surface area contributed by atoms with Crippen molar-refractivity contribution >= 4 is 27.5 Å². The summed E-state index contributed by atoms with van der Waals surface area (Å²) >= 11 is 3.50. The first-order valence-corrected chi connectivity index (χ1v) is 7.84. The lowest BCUT2D eigenvalue weighted by Gasteiger charge is -2.38. The lowest BCUT2D eigenvalue weighted by Crippen LogP contribution is -2.40. The molecule has 2 atom stereocenters. The van der Waals surface area contributed by atoms with Gasteiger partial charge in [0.05, 0.1) is 0 Å². The first-order chi connectivity index (χ1) is 9.54. The van der Waals surface area contributed by atoms with E-state index in [-0.39, 0.29) is 5.84 Å². The van der Waals surface area contributed by atoms with Crippen molar-refractivity contribution in [2.75, 3.05) is 11.9 Å². The van der Waals surface area contributed by atoms with Gasteiger partial charge in [-0.2, -0.15) is 0 Å². The van der Waals surface area contributed by atoms with Gasteiger partial charge in [0.2, 0.25) is 0 Å². The number of oxime groups is 1. The van der Waals surface area contributed by atoms with Crippen LogP contribution in [0.5, 0.6) is 0 Å². The van der Waals surface area contributed by atoms with E-state index in [0.29, 0.717) is 12.0 Å². The summed E-state index contributed by atoms with van der Waals surface area (Å²) in [6, 6.07) is 6.34. The molecule has 1 aromatic carbocycles. The Hall–Kier alpha value is -1.23. The third-order valence-corrected chi connectivity index (χ3v) is 4.78. The highest BCUT2D eigenvalue weighted by atomic mass is 79.9. The predicted molar refractivity (Wildman–Crippen MR) is 86.5 cm³/mol. The van der Waals surface area contributed by atoms with E-state index in [4.69, 9.17) is 10.9 Å². The van der Waals surface area contributed by atoms with Crippen molar-refractivity contribution in [3.8, 4) is 0 Å². The quantitative estimate of drug-likeness (QED) is 0.383. The van der Waals surface area contributed by atoms with Crippen molar-refractivity contribution in [3.05, 3.63) is 28.2 Å². The standard InChI is InChI=1S/C15H22BrN3O/c1-10-5-3-4-6-13(10)19(2)14-9-11(16)7-8-12(14)15(17)18-20/h7-10,13,20H,3-6H2,1-2H3,(H2,17,18). The molecule has 0 bridgehead atoms. The molecule has 1 saturated carbocycles. The van der Waals surface area contributed by atoms with Gasteiger partial charge in [-0.05, 0) is 37.0 Å². The minimum absolute atomic E-state index is 0.155. The van der Waals surface area contributed by atoms with Crippen LogP contribution in [0.15, 0.2) is 27.8 Å². The van der Waals surface area contributed by atoms with Gasteiger partial charge in [-0.15, -0.1) is 0 Å². The van der Waals surface area contributed by atoms with Gasteiger partial charge in [0, 0.05) is 28.8 Å². The molecular formula is C15H22BrN3O. The molecule has 1 aliphatic rings. The van der Waals surface area contributed by atoms with E-state index in [0.717, 1.165) is 15.7 Å². The summed E-state index contributed by atoms with van der Waals surface area (Å²) in [6.45, 7) is 2.31. The molecule has 110 valence electrons. The second-order valence-electron chi connectivity index (χ2n) is 5.59. The summed E-state index contributed by atoms with van der Waals surface area (Å²) in [5.41, 5.74) is 7.59. The van der Waals surface area contributed by atoms with Crippen molar-refractivity contribution in [1.29, 1.82) is 0 Å². The zero-order valence-corrected chi connectivity index (χ0v) is 13.6. The van der Waals surface area contributed by atoms with Gasteiger partial charge in [0.1, 0.15) is 0 Å². The number of halogens is 1. The molecule has 0 spiro atoms. The summed E-state index contributed by atoms with van der Waals surface area (Å²) in [5, 5.41) is 12.1. The van der Waals surface area contributed by atoms with Crippen LogP contribution in [-0.4, -0.2) is 24.1 Å². The van der Waals surface area contributed by atoms with Crippen LogP contribution < -0.4 is 10.6 Å². The molecule has 2 unspecified atom stereocenters. The fourth-order valence-corrected chi connectivity index (χ4v) is 3.47. The minimum atomic E-state index is 0.155. The van der Waals surface area contributed by atoms with Gasteiger partial charge in [-0.3, -0.25) is 0 Å². The van der Waals surface area contributed by atoms with Gasteiger partial charge in [0.15, 0.2) is 5.84 Å². The molecule has 0 aromatic heterocycles. The second-order valence-corrected chi connectivity index (χ2v) is 6.50. The number of amidine groups is 1. The molecule has 0 amide bonds. The number of nitrogens with zero attached hydrogens (tertiary/aromatic N) is 2. The molecule has 0 saturated heterocycles. The molecule has 1 aromatic rings. The first-order valence-electron chi connectivity index (χ1n) is 7.05. The molecule has 1 fully saturated rings.